The maximum Gasteiger partial charge on any atom is 0.224 e. The van der Waals surface area contributed by atoms with Crippen LogP contribution in [-0.4, -0.2) is 24.5 Å². The summed E-state index contributed by atoms with van der Waals surface area (Å²) in [5.74, 6) is 0.173. The van der Waals surface area contributed by atoms with Gasteiger partial charge in [-0.3, -0.25) is 4.79 Å². The number of H-pyrrole nitrogens is 1. The molecule has 1 amide bonds. The van der Waals surface area contributed by atoms with Crippen molar-refractivity contribution >= 4 is 5.91 Å². The van der Waals surface area contributed by atoms with Crippen molar-refractivity contribution in [3.05, 3.63) is 24.0 Å². The Hall–Kier alpha value is -1.29. The van der Waals surface area contributed by atoms with Gasteiger partial charge in [0.25, 0.3) is 0 Å². The predicted octanol–water partition coefficient (Wildman–Crippen LogP) is 0.876. The Labute approximate surface area is 90.5 Å². The van der Waals surface area contributed by atoms with Gasteiger partial charge in [-0.05, 0) is 25.6 Å². The molecule has 0 bridgehead atoms. The summed E-state index contributed by atoms with van der Waals surface area (Å²) in [6.45, 7) is 3.33. The first-order chi connectivity index (χ1) is 7.27. The second-order valence-electron chi connectivity index (χ2n) is 3.58. The number of aromatic amines is 1. The SMILES string of the molecule is CCC(CNC)C(=O)NCc1ccc[nH]1. The molecule has 84 valence electrons. The third-order valence-electron chi connectivity index (χ3n) is 2.43. The van der Waals surface area contributed by atoms with Crippen LogP contribution in [0.4, 0.5) is 0 Å². The quantitative estimate of drug-likeness (QED) is 0.651. The van der Waals surface area contributed by atoms with Crippen LogP contribution in [0.15, 0.2) is 18.3 Å². The summed E-state index contributed by atoms with van der Waals surface area (Å²) in [5.41, 5.74) is 1.03. The van der Waals surface area contributed by atoms with Crippen molar-refractivity contribution in [2.24, 2.45) is 5.92 Å². The molecule has 0 saturated heterocycles. The van der Waals surface area contributed by atoms with E-state index in [9.17, 15) is 4.79 Å². The molecule has 0 aromatic carbocycles. The van der Waals surface area contributed by atoms with Gasteiger partial charge in [-0.25, -0.2) is 0 Å². The predicted molar refractivity (Wildman–Crippen MR) is 60.3 cm³/mol. The van der Waals surface area contributed by atoms with E-state index in [0.717, 1.165) is 18.7 Å². The number of carbonyl (C=O) groups is 1. The molecule has 4 nitrogen and oxygen atoms in total. The van der Waals surface area contributed by atoms with Crippen LogP contribution in [0, 0.1) is 5.92 Å². The van der Waals surface area contributed by atoms with Gasteiger partial charge < -0.3 is 15.6 Å². The molecule has 1 rings (SSSR count). The number of rotatable bonds is 6. The molecule has 0 aliphatic rings. The average Bonchev–Trinajstić information content (AvgIpc) is 2.75. The van der Waals surface area contributed by atoms with Crippen LogP contribution in [0.25, 0.3) is 0 Å². The summed E-state index contributed by atoms with van der Waals surface area (Å²) in [5, 5.41) is 5.93. The summed E-state index contributed by atoms with van der Waals surface area (Å²) in [6, 6.07) is 3.88. The van der Waals surface area contributed by atoms with Crippen molar-refractivity contribution < 1.29 is 4.79 Å². The summed E-state index contributed by atoms with van der Waals surface area (Å²) >= 11 is 0. The number of hydrogen-bond acceptors (Lipinski definition) is 2. The molecule has 1 heterocycles. The van der Waals surface area contributed by atoms with Gasteiger partial charge >= 0.3 is 0 Å². The third kappa shape index (κ3) is 3.75. The molecule has 0 radical (unpaired) electrons. The van der Waals surface area contributed by atoms with Crippen molar-refractivity contribution in [2.45, 2.75) is 19.9 Å². The Morgan fingerprint density at radius 3 is 2.93 bits per heavy atom. The molecule has 3 N–H and O–H groups in total. The molecular formula is C11H19N3O. The molecular weight excluding hydrogens is 190 g/mol. The lowest BCUT2D eigenvalue weighted by molar-refractivity contribution is -0.125. The zero-order valence-electron chi connectivity index (χ0n) is 9.34. The Bertz CT molecular complexity index is 282. The summed E-state index contributed by atoms with van der Waals surface area (Å²) < 4.78 is 0. The second-order valence-corrected chi connectivity index (χ2v) is 3.58. The van der Waals surface area contributed by atoms with Gasteiger partial charge in [-0.1, -0.05) is 6.92 Å². The number of aromatic nitrogens is 1. The van der Waals surface area contributed by atoms with Crippen molar-refractivity contribution in [1.29, 1.82) is 0 Å². The van der Waals surface area contributed by atoms with E-state index >= 15 is 0 Å². The monoisotopic (exact) mass is 209 g/mol. The average molecular weight is 209 g/mol. The van der Waals surface area contributed by atoms with E-state index in [1.807, 2.05) is 32.3 Å². The van der Waals surface area contributed by atoms with E-state index in [2.05, 4.69) is 15.6 Å². The van der Waals surface area contributed by atoms with Crippen LogP contribution in [0.3, 0.4) is 0 Å². The smallest absolute Gasteiger partial charge is 0.224 e. The molecule has 1 unspecified atom stereocenters. The highest BCUT2D eigenvalue weighted by atomic mass is 16.1. The van der Waals surface area contributed by atoms with Crippen LogP contribution in [-0.2, 0) is 11.3 Å². The molecule has 0 aliphatic carbocycles. The minimum absolute atomic E-state index is 0.0602. The molecule has 0 fully saturated rings. The minimum Gasteiger partial charge on any atom is -0.364 e. The van der Waals surface area contributed by atoms with Gasteiger partial charge in [0.05, 0.1) is 12.5 Å². The van der Waals surface area contributed by atoms with Crippen LogP contribution in [0.1, 0.15) is 19.0 Å². The normalized spacial score (nSPS) is 12.4. The van der Waals surface area contributed by atoms with Gasteiger partial charge in [-0.15, -0.1) is 0 Å². The maximum absolute atomic E-state index is 11.7. The Balaban J connectivity index is 2.34. The van der Waals surface area contributed by atoms with Gasteiger partial charge in [0, 0.05) is 18.4 Å². The summed E-state index contributed by atoms with van der Waals surface area (Å²) in [4.78, 5) is 14.7. The topological polar surface area (TPSA) is 56.9 Å². The number of amides is 1. The van der Waals surface area contributed by atoms with Crippen LogP contribution in [0.2, 0.25) is 0 Å². The minimum atomic E-state index is 0.0602. The lowest BCUT2D eigenvalue weighted by atomic mass is 10.1. The van der Waals surface area contributed by atoms with E-state index in [4.69, 9.17) is 0 Å². The van der Waals surface area contributed by atoms with Crippen LogP contribution >= 0.6 is 0 Å². The molecule has 0 aliphatic heterocycles. The van der Waals surface area contributed by atoms with Gasteiger partial charge in [-0.2, -0.15) is 0 Å². The molecule has 1 atom stereocenters. The first-order valence-corrected chi connectivity index (χ1v) is 5.32. The number of nitrogens with one attached hydrogen (secondary N) is 3. The number of carbonyl (C=O) groups excluding carboxylic acids is 1. The second kappa shape index (κ2) is 6.24. The fourth-order valence-electron chi connectivity index (χ4n) is 1.47. The van der Waals surface area contributed by atoms with Crippen molar-refractivity contribution in [2.75, 3.05) is 13.6 Å². The van der Waals surface area contributed by atoms with Crippen molar-refractivity contribution in [1.82, 2.24) is 15.6 Å². The van der Waals surface area contributed by atoms with Gasteiger partial charge in [0.2, 0.25) is 5.91 Å². The lowest BCUT2D eigenvalue weighted by Gasteiger charge is -2.13. The molecule has 1 aromatic rings. The standard InChI is InChI=1S/C11H19N3O/c1-3-9(7-12-2)11(15)14-8-10-5-4-6-13-10/h4-6,9,12-13H,3,7-8H2,1-2H3,(H,14,15). The molecule has 0 spiro atoms. The van der Waals surface area contributed by atoms with Gasteiger partial charge in [0.1, 0.15) is 0 Å². The molecule has 1 aromatic heterocycles. The highest BCUT2D eigenvalue weighted by molar-refractivity contribution is 5.78. The fourth-order valence-corrected chi connectivity index (χ4v) is 1.47. The Morgan fingerprint density at radius 2 is 2.40 bits per heavy atom. The zero-order valence-corrected chi connectivity index (χ0v) is 9.34. The first-order valence-electron chi connectivity index (χ1n) is 5.32. The largest absolute Gasteiger partial charge is 0.364 e. The van der Waals surface area contributed by atoms with Gasteiger partial charge in [0.15, 0.2) is 0 Å². The van der Waals surface area contributed by atoms with Crippen LogP contribution in [0.5, 0.6) is 0 Å². The zero-order chi connectivity index (χ0) is 11.1. The maximum atomic E-state index is 11.7. The van der Waals surface area contributed by atoms with Crippen LogP contribution < -0.4 is 10.6 Å². The summed E-state index contributed by atoms with van der Waals surface area (Å²) in [6.07, 6.45) is 2.71. The number of hydrogen-bond donors (Lipinski definition) is 3. The van der Waals surface area contributed by atoms with Crippen molar-refractivity contribution in [3.8, 4) is 0 Å². The van der Waals surface area contributed by atoms with Crippen molar-refractivity contribution in [3.63, 3.8) is 0 Å². The van der Waals surface area contributed by atoms with E-state index in [1.54, 1.807) is 0 Å². The highest BCUT2D eigenvalue weighted by Gasteiger charge is 2.14. The van der Waals surface area contributed by atoms with E-state index < -0.39 is 0 Å². The first kappa shape index (κ1) is 11.8. The lowest BCUT2D eigenvalue weighted by Crippen LogP contribution is -2.35. The summed E-state index contributed by atoms with van der Waals surface area (Å²) in [7, 11) is 1.86. The Kier molecular flexibility index (Phi) is 4.90. The third-order valence-corrected chi connectivity index (χ3v) is 2.43. The van der Waals surface area contributed by atoms with E-state index in [-0.39, 0.29) is 11.8 Å². The molecule has 4 heteroatoms. The fraction of sp³-hybridized carbons (Fsp3) is 0.545. The molecule has 0 saturated carbocycles. The van der Waals surface area contributed by atoms with E-state index in [0.29, 0.717) is 6.54 Å². The van der Waals surface area contributed by atoms with E-state index in [1.165, 1.54) is 0 Å². The molecule has 15 heavy (non-hydrogen) atoms. The Morgan fingerprint density at radius 1 is 1.60 bits per heavy atom. The highest BCUT2D eigenvalue weighted by Crippen LogP contribution is 2.01.